The molecule has 0 atom stereocenters. The Kier molecular flexibility index (Phi) is 14.4. The van der Waals surface area contributed by atoms with Crippen molar-refractivity contribution in [1.29, 1.82) is 0 Å². The Balaban J connectivity index is 0.972. The van der Waals surface area contributed by atoms with Gasteiger partial charge in [0.15, 0.2) is 43.8 Å². The lowest BCUT2D eigenvalue weighted by Gasteiger charge is -2.26. The molecule has 10 aromatic rings. The lowest BCUT2D eigenvalue weighted by atomic mass is 9.75. The van der Waals surface area contributed by atoms with E-state index in [0.29, 0.717) is 43.1 Å². The summed E-state index contributed by atoms with van der Waals surface area (Å²) in [5.74, 6) is 0.324. The number of rotatable bonds is 17. The van der Waals surface area contributed by atoms with Gasteiger partial charge in [0.25, 0.3) is 0 Å². The van der Waals surface area contributed by atoms with Crippen LogP contribution in [0.1, 0.15) is 103 Å². The normalized spacial score (nSPS) is 12.6. The van der Waals surface area contributed by atoms with Crippen molar-refractivity contribution >= 4 is 115 Å². The number of fused-ring (bicyclic) bond motifs is 6. The molecule has 382 valence electrons. The number of aromatic nitrogens is 6. The number of carbonyl (C=O) groups is 4. The number of benzene rings is 8. The highest BCUT2D eigenvalue weighted by molar-refractivity contribution is 8.00. The van der Waals surface area contributed by atoms with E-state index >= 15 is 19.2 Å². The maximum absolute atomic E-state index is 15.2. The van der Waals surface area contributed by atoms with Gasteiger partial charge in [-0.2, -0.15) is 29.9 Å². The van der Waals surface area contributed by atoms with Crippen LogP contribution in [0.15, 0.2) is 188 Å². The third-order valence-corrected chi connectivity index (χ3v) is 17.0. The van der Waals surface area contributed by atoms with Crippen molar-refractivity contribution in [3.8, 4) is 11.1 Å². The SMILES string of the molecule is CCCCSc1nc(Nc2ccc(-c3ccc(Nc4nc(SCCCC)nc(Sc5ccc6ccccc6c5)n4)c4c3C(=O)c3ccccc3C4=O)c3c2C(=O)c2ccccc2C3=O)nc(Sc2ccc3ccccc3c2)n1. The second kappa shape index (κ2) is 22.1. The number of carbonyl (C=O) groups excluding carboxylic acids is 4. The number of hydrogen-bond acceptors (Lipinski definition) is 16. The maximum Gasteiger partial charge on any atom is 0.232 e. The fourth-order valence-electron chi connectivity index (χ4n) is 9.64. The van der Waals surface area contributed by atoms with Gasteiger partial charge in [0.05, 0.1) is 22.5 Å². The number of nitrogens with one attached hydrogen (secondary N) is 2. The predicted octanol–water partition coefficient (Wildman–Crippen LogP) is 15.2. The molecular formula is C62H46N8O4S4. The van der Waals surface area contributed by atoms with Crippen molar-refractivity contribution in [3.05, 3.63) is 202 Å². The largest absolute Gasteiger partial charge is 0.323 e. The van der Waals surface area contributed by atoms with Crippen LogP contribution in [0.3, 0.4) is 0 Å². The minimum atomic E-state index is -0.418. The van der Waals surface area contributed by atoms with Gasteiger partial charge in [-0.15, -0.1) is 0 Å². The number of unbranched alkanes of at least 4 members (excludes halogenated alkanes) is 2. The monoisotopic (exact) mass is 1090 g/mol. The van der Waals surface area contributed by atoms with Crippen LogP contribution in [0.2, 0.25) is 0 Å². The first-order valence-corrected chi connectivity index (χ1v) is 29.2. The summed E-state index contributed by atoms with van der Waals surface area (Å²) in [6, 6.07) is 48.9. The van der Waals surface area contributed by atoms with E-state index < -0.39 is 23.1 Å². The fourth-order valence-corrected chi connectivity index (χ4v) is 13.2. The molecule has 2 aliphatic rings. The summed E-state index contributed by atoms with van der Waals surface area (Å²) < 4.78 is 0. The van der Waals surface area contributed by atoms with E-state index in [0.717, 1.165) is 68.5 Å². The van der Waals surface area contributed by atoms with Crippen LogP contribution in [0.4, 0.5) is 23.3 Å². The third-order valence-electron chi connectivity index (χ3n) is 13.4. The highest BCUT2D eigenvalue weighted by Crippen LogP contribution is 2.45. The predicted molar refractivity (Wildman–Crippen MR) is 312 cm³/mol. The molecule has 12 nitrogen and oxygen atoms in total. The van der Waals surface area contributed by atoms with Crippen LogP contribution in [0, 0.1) is 0 Å². The van der Waals surface area contributed by atoms with E-state index in [4.69, 9.17) is 29.9 Å². The molecule has 2 aromatic heterocycles. The standard InChI is InChI=1S/C62H46N8O4S4/c1-3-5-31-75-59-65-57(67-61(69-59)77-39-25-23-35-15-7-9-17-37(35)33-39)63-47-29-27-41(49-51(47)55(73)45-21-13-11-19-43(45)53(49)71)42-28-30-48(52-50(42)54(72)44-20-12-14-22-46(44)56(52)74)64-58-66-60(76-32-6-4-2)70-62(68-58)78-40-26-24-36-16-8-10-18-38(36)34-40/h7-30,33-34H,3-6,31-32H2,1-2H3,(H,63,65,67,69)(H,64,66,68,70). The van der Waals surface area contributed by atoms with E-state index in [1.54, 1.807) is 72.8 Å². The molecule has 0 bridgehead atoms. The summed E-state index contributed by atoms with van der Waals surface area (Å²) in [5, 5.41) is 13.0. The number of hydrogen-bond donors (Lipinski definition) is 2. The summed E-state index contributed by atoms with van der Waals surface area (Å²) in [7, 11) is 0. The van der Waals surface area contributed by atoms with Gasteiger partial charge in [-0.05, 0) is 105 Å². The quantitative estimate of drug-likeness (QED) is 0.0651. The minimum Gasteiger partial charge on any atom is -0.323 e. The first-order valence-electron chi connectivity index (χ1n) is 25.6. The number of anilines is 4. The van der Waals surface area contributed by atoms with Gasteiger partial charge in [0, 0.05) is 54.7 Å². The summed E-state index contributed by atoms with van der Waals surface area (Å²) in [6.45, 7) is 4.26. The smallest absolute Gasteiger partial charge is 0.232 e. The lowest BCUT2D eigenvalue weighted by molar-refractivity contribution is 0.0978. The van der Waals surface area contributed by atoms with E-state index in [1.165, 1.54) is 47.0 Å². The van der Waals surface area contributed by atoms with Gasteiger partial charge in [-0.25, -0.2) is 0 Å². The molecule has 0 saturated heterocycles. The van der Waals surface area contributed by atoms with Crippen LogP contribution in [0.25, 0.3) is 32.7 Å². The molecule has 2 aliphatic carbocycles. The Labute approximate surface area is 466 Å². The Morgan fingerprint density at radius 1 is 0.359 bits per heavy atom. The minimum absolute atomic E-state index is 0.0737. The molecule has 0 radical (unpaired) electrons. The highest BCUT2D eigenvalue weighted by atomic mass is 32.2. The first kappa shape index (κ1) is 50.8. The number of nitrogens with zero attached hydrogens (tertiary/aromatic N) is 6. The summed E-state index contributed by atoms with van der Waals surface area (Å²) in [6.07, 6.45) is 3.92. The Morgan fingerprint density at radius 3 is 1.12 bits per heavy atom. The van der Waals surface area contributed by atoms with Crippen molar-refractivity contribution in [1.82, 2.24) is 29.9 Å². The van der Waals surface area contributed by atoms with Crippen LogP contribution < -0.4 is 10.6 Å². The van der Waals surface area contributed by atoms with E-state index in [1.807, 2.05) is 36.4 Å². The molecule has 12 rings (SSSR count). The molecule has 2 heterocycles. The maximum atomic E-state index is 15.2. The van der Waals surface area contributed by atoms with Crippen molar-refractivity contribution in [2.75, 3.05) is 22.1 Å². The zero-order valence-electron chi connectivity index (χ0n) is 42.2. The zero-order chi connectivity index (χ0) is 53.3. The van der Waals surface area contributed by atoms with Crippen LogP contribution >= 0.6 is 47.0 Å². The third kappa shape index (κ3) is 10.1. The van der Waals surface area contributed by atoms with Gasteiger partial charge in [0.2, 0.25) is 11.9 Å². The van der Waals surface area contributed by atoms with Gasteiger partial charge in [-0.1, -0.05) is 172 Å². The van der Waals surface area contributed by atoms with Crippen molar-refractivity contribution in [3.63, 3.8) is 0 Å². The molecular weight excluding hydrogens is 1050 g/mol. The zero-order valence-corrected chi connectivity index (χ0v) is 45.5. The van der Waals surface area contributed by atoms with Crippen LogP contribution in [-0.2, 0) is 0 Å². The molecule has 0 spiro atoms. The average molecular weight is 1100 g/mol. The van der Waals surface area contributed by atoms with Gasteiger partial charge in [-0.3, -0.25) is 19.2 Å². The topological polar surface area (TPSA) is 170 Å². The summed E-state index contributed by atoms with van der Waals surface area (Å²) in [5.41, 5.74) is 2.41. The first-order chi connectivity index (χ1) is 38.2. The molecule has 2 N–H and O–H groups in total. The molecule has 0 saturated carbocycles. The summed E-state index contributed by atoms with van der Waals surface area (Å²) in [4.78, 5) is 91.3. The molecule has 8 aromatic carbocycles. The molecule has 78 heavy (non-hydrogen) atoms. The molecule has 0 aliphatic heterocycles. The van der Waals surface area contributed by atoms with Gasteiger partial charge in [0.1, 0.15) is 0 Å². The molecule has 0 amide bonds. The Bertz CT molecular complexity index is 3840. The molecule has 0 unspecified atom stereocenters. The van der Waals surface area contributed by atoms with Gasteiger partial charge >= 0.3 is 0 Å². The highest BCUT2D eigenvalue weighted by Gasteiger charge is 2.39. The van der Waals surface area contributed by atoms with Crippen LogP contribution in [0.5, 0.6) is 0 Å². The van der Waals surface area contributed by atoms with Crippen molar-refractivity contribution < 1.29 is 19.2 Å². The second-order valence-electron chi connectivity index (χ2n) is 18.6. The van der Waals surface area contributed by atoms with Crippen LogP contribution in [-0.4, -0.2) is 64.5 Å². The molecule has 16 heteroatoms. The fraction of sp³-hybridized carbons (Fsp3) is 0.129. The van der Waals surface area contributed by atoms with E-state index in [-0.39, 0.29) is 56.4 Å². The number of ketones is 4. The van der Waals surface area contributed by atoms with E-state index in [2.05, 4.69) is 73.0 Å². The number of thioether (sulfide) groups is 2. The second-order valence-corrected chi connectivity index (χ2v) is 22.8. The Morgan fingerprint density at radius 2 is 0.718 bits per heavy atom. The Hall–Kier alpha value is -8.02. The lowest BCUT2D eigenvalue weighted by Crippen LogP contribution is -2.25. The summed E-state index contributed by atoms with van der Waals surface area (Å²) >= 11 is 5.84. The van der Waals surface area contributed by atoms with Gasteiger partial charge < -0.3 is 10.6 Å². The van der Waals surface area contributed by atoms with Crippen molar-refractivity contribution in [2.45, 2.75) is 69.9 Å². The van der Waals surface area contributed by atoms with Crippen molar-refractivity contribution in [2.24, 2.45) is 0 Å². The molecule has 0 fully saturated rings. The van der Waals surface area contributed by atoms with E-state index in [9.17, 15) is 0 Å². The average Bonchev–Trinajstić information content (AvgIpc) is 3.66.